The standard InChI is InChI=1S/C23H26N4O2/c1-26-9-7-19(14-29-15-20-5-3-8-25-13-20)11-23(26)16-27(17-23)22(28)21-6-2-4-18(10-21)12-24/h2-6,8,10,13,19H,7,9,11,14-17H2,1H3/t19-/m0/s1. The van der Waals surface area contributed by atoms with Crippen LogP contribution in [0.1, 0.15) is 34.3 Å². The van der Waals surface area contributed by atoms with Crippen molar-refractivity contribution in [2.24, 2.45) is 5.92 Å². The summed E-state index contributed by atoms with van der Waals surface area (Å²) in [5.74, 6) is 0.512. The average molecular weight is 390 g/mol. The van der Waals surface area contributed by atoms with Gasteiger partial charge in [-0.1, -0.05) is 12.1 Å². The van der Waals surface area contributed by atoms with Gasteiger partial charge < -0.3 is 9.64 Å². The number of piperidine rings is 1. The molecule has 1 aromatic heterocycles. The summed E-state index contributed by atoms with van der Waals surface area (Å²) in [4.78, 5) is 21.2. The lowest BCUT2D eigenvalue weighted by atomic mass is 9.75. The number of likely N-dealkylation sites (tertiary alicyclic amines) is 2. The van der Waals surface area contributed by atoms with Crippen molar-refractivity contribution in [3.63, 3.8) is 0 Å². The summed E-state index contributed by atoms with van der Waals surface area (Å²) >= 11 is 0. The molecule has 4 rings (SSSR count). The van der Waals surface area contributed by atoms with Gasteiger partial charge in [0, 0.05) is 37.7 Å². The van der Waals surface area contributed by atoms with Gasteiger partial charge in [-0.2, -0.15) is 5.26 Å². The molecule has 150 valence electrons. The van der Waals surface area contributed by atoms with Crippen molar-refractivity contribution in [1.29, 1.82) is 5.26 Å². The van der Waals surface area contributed by atoms with E-state index in [9.17, 15) is 4.79 Å². The van der Waals surface area contributed by atoms with Crippen LogP contribution < -0.4 is 0 Å². The number of pyridine rings is 1. The van der Waals surface area contributed by atoms with Crippen molar-refractivity contribution in [2.75, 3.05) is 33.3 Å². The molecular formula is C23H26N4O2. The van der Waals surface area contributed by atoms with Crippen molar-refractivity contribution in [3.05, 3.63) is 65.5 Å². The third kappa shape index (κ3) is 4.16. The molecule has 6 nitrogen and oxygen atoms in total. The number of carbonyl (C=O) groups excluding carboxylic acids is 1. The predicted molar refractivity (Wildman–Crippen MR) is 109 cm³/mol. The lowest BCUT2D eigenvalue weighted by Gasteiger charge is -2.58. The second-order valence-electron chi connectivity index (χ2n) is 8.23. The van der Waals surface area contributed by atoms with E-state index in [0.29, 0.717) is 23.7 Å². The van der Waals surface area contributed by atoms with Gasteiger partial charge in [0.15, 0.2) is 0 Å². The molecule has 3 heterocycles. The normalized spacial score (nSPS) is 20.8. The highest BCUT2D eigenvalue weighted by molar-refractivity contribution is 5.95. The Balaban J connectivity index is 1.32. The van der Waals surface area contributed by atoms with Crippen molar-refractivity contribution in [2.45, 2.75) is 25.0 Å². The molecule has 2 fully saturated rings. The van der Waals surface area contributed by atoms with Gasteiger partial charge in [-0.15, -0.1) is 0 Å². The summed E-state index contributed by atoms with van der Waals surface area (Å²) < 4.78 is 5.96. The largest absolute Gasteiger partial charge is 0.376 e. The monoisotopic (exact) mass is 390 g/mol. The van der Waals surface area contributed by atoms with Crippen LogP contribution in [-0.2, 0) is 11.3 Å². The molecule has 29 heavy (non-hydrogen) atoms. The first-order chi connectivity index (χ1) is 14.1. The summed E-state index contributed by atoms with van der Waals surface area (Å²) in [6.45, 7) is 3.82. The highest BCUT2D eigenvalue weighted by Gasteiger charge is 2.50. The summed E-state index contributed by atoms with van der Waals surface area (Å²) in [7, 11) is 2.16. The lowest BCUT2D eigenvalue weighted by molar-refractivity contribution is -0.0768. The summed E-state index contributed by atoms with van der Waals surface area (Å²) in [5, 5.41) is 9.06. The number of rotatable bonds is 5. The second kappa shape index (κ2) is 8.32. The minimum atomic E-state index is 0.0103. The quantitative estimate of drug-likeness (QED) is 0.785. The van der Waals surface area contributed by atoms with E-state index in [1.54, 1.807) is 30.5 Å². The smallest absolute Gasteiger partial charge is 0.254 e. The van der Waals surface area contributed by atoms with Gasteiger partial charge in [0.05, 0.1) is 23.8 Å². The molecule has 0 radical (unpaired) electrons. The van der Waals surface area contributed by atoms with Crippen molar-refractivity contribution in [3.8, 4) is 6.07 Å². The maximum atomic E-state index is 12.8. The Morgan fingerprint density at radius 3 is 2.97 bits per heavy atom. The van der Waals surface area contributed by atoms with Gasteiger partial charge in [-0.3, -0.25) is 14.7 Å². The zero-order valence-electron chi connectivity index (χ0n) is 16.8. The van der Waals surface area contributed by atoms with Crippen LogP contribution in [0.2, 0.25) is 0 Å². The maximum Gasteiger partial charge on any atom is 0.254 e. The number of likely N-dealkylation sites (N-methyl/N-ethyl adjacent to an activating group) is 1. The zero-order valence-corrected chi connectivity index (χ0v) is 16.8. The van der Waals surface area contributed by atoms with Crippen LogP contribution in [0.5, 0.6) is 0 Å². The van der Waals surface area contributed by atoms with E-state index in [4.69, 9.17) is 10.00 Å². The highest BCUT2D eigenvalue weighted by atomic mass is 16.5. The Kier molecular flexibility index (Phi) is 5.61. The van der Waals surface area contributed by atoms with Gasteiger partial charge in [-0.25, -0.2) is 0 Å². The van der Waals surface area contributed by atoms with Crippen molar-refractivity contribution in [1.82, 2.24) is 14.8 Å². The first-order valence-electron chi connectivity index (χ1n) is 10.1. The second-order valence-corrected chi connectivity index (χ2v) is 8.23. The molecule has 0 saturated carbocycles. The predicted octanol–water partition coefficient (Wildman–Crippen LogP) is 2.71. The number of ether oxygens (including phenoxy) is 1. The van der Waals surface area contributed by atoms with Crippen molar-refractivity contribution < 1.29 is 9.53 Å². The number of aromatic nitrogens is 1. The fourth-order valence-corrected chi connectivity index (χ4v) is 4.46. The molecule has 1 atom stereocenters. The third-order valence-electron chi connectivity index (χ3n) is 6.19. The Bertz CT molecular complexity index is 903. The molecule has 0 unspecified atom stereocenters. The minimum Gasteiger partial charge on any atom is -0.376 e. The van der Waals surface area contributed by atoms with Gasteiger partial charge in [0.2, 0.25) is 0 Å². The van der Waals surface area contributed by atoms with Crippen LogP contribution in [0, 0.1) is 17.2 Å². The van der Waals surface area contributed by atoms with Gasteiger partial charge in [0.1, 0.15) is 0 Å². The van der Waals surface area contributed by atoms with Crippen LogP contribution in [-0.4, -0.2) is 59.5 Å². The van der Waals surface area contributed by atoms with Crippen LogP contribution in [0.15, 0.2) is 48.8 Å². The molecule has 0 bridgehead atoms. The molecule has 2 aliphatic heterocycles. The first kappa shape index (κ1) is 19.6. The average Bonchev–Trinajstić information content (AvgIpc) is 2.73. The number of hydrogen-bond acceptors (Lipinski definition) is 5. The molecule has 1 aromatic carbocycles. The van der Waals surface area contributed by atoms with Crippen molar-refractivity contribution >= 4 is 5.91 Å². The highest BCUT2D eigenvalue weighted by Crippen LogP contribution is 2.39. The summed E-state index contributed by atoms with van der Waals surface area (Å²) in [5.41, 5.74) is 2.25. The molecule has 0 aliphatic carbocycles. The Labute approximate surface area is 171 Å². The fraction of sp³-hybridized carbons (Fsp3) is 0.435. The molecule has 2 aliphatic rings. The molecular weight excluding hydrogens is 364 g/mol. The number of benzene rings is 1. The zero-order chi connectivity index (χ0) is 20.3. The lowest BCUT2D eigenvalue weighted by Crippen LogP contribution is -2.72. The Morgan fingerprint density at radius 1 is 1.34 bits per heavy atom. The SMILES string of the molecule is CN1CC[C@H](COCc2cccnc2)CC12CN(C(=O)c1cccc(C#N)c1)C2. The molecule has 1 amide bonds. The van der Waals surface area contributed by atoms with Gasteiger partial charge in [0.25, 0.3) is 5.91 Å². The van der Waals surface area contributed by atoms with E-state index >= 15 is 0 Å². The Hall–Kier alpha value is -2.75. The van der Waals surface area contributed by atoms with Crippen LogP contribution >= 0.6 is 0 Å². The number of amides is 1. The van der Waals surface area contributed by atoms with E-state index in [1.807, 2.05) is 23.2 Å². The Morgan fingerprint density at radius 2 is 2.21 bits per heavy atom. The minimum absolute atomic E-state index is 0.0103. The van der Waals surface area contributed by atoms with Crippen LogP contribution in [0.4, 0.5) is 0 Å². The fourth-order valence-electron chi connectivity index (χ4n) is 4.46. The van der Waals surface area contributed by atoms with E-state index < -0.39 is 0 Å². The first-order valence-corrected chi connectivity index (χ1v) is 10.1. The number of hydrogen-bond donors (Lipinski definition) is 0. The summed E-state index contributed by atoms with van der Waals surface area (Å²) in [6.07, 6.45) is 5.76. The van der Waals surface area contributed by atoms with E-state index in [1.165, 1.54) is 0 Å². The topological polar surface area (TPSA) is 69.5 Å². The summed E-state index contributed by atoms with van der Waals surface area (Å²) in [6, 6.07) is 13.0. The third-order valence-corrected chi connectivity index (χ3v) is 6.19. The van der Waals surface area contributed by atoms with Crippen LogP contribution in [0.3, 0.4) is 0 Å². The molecule has 2 saturated heterocycles. The number of carbonyl (C=O) groups is 1. The van der Waals surface area contributed by atoms with Gasteiger partial charge >= 0.3 is 0 Å². The van der Waals surface area contributed by atoms with E-state index in [0.717, 1.165) is 44.6 Å². The molecule has 6 heteroatoms. The van der Waals surface area contributed by atoms with Crippen LogP contribution in [0.25, 0.3) is 0 Å². The molecule has 0 N–H and O–H groups in total. The van der Waals surface area contributed by atoms with E-state index in [2.05, 4.69) is 23.0 Å². The number of nitriles is 1. The molecule has 1 spiro atoms. The van der Waals surface area contributed by atoms with Gasteiger partial charge in [-0.05, 0) is 62.2 Å². The number of nitrogens with zero attached hydrogens (tertiary/aromatic N) is 4. The van der Waals surface area contributed by atoms with E-state index in [-0.39, 0.29) is 11.4 Å². The molecule has 2 aromatic rings. The maximum absolute atomic E-state index is 12.8.